The van der Waals surface area contributed by atoms with Crippen LogP contribution >= 0.6 is 11.8 Å². The van der Waals surface area contributed by atoms with Crippen LogP contribution < -0.4 is 5.73 Å². The minimum atomic E-state index is 0.377. The number of aromatic nitrogens is 2. The molecule has 1 unspecified atom stereocenters. The lowest BCUT2D eigenvalue weighted by atomic mass is 10.1. The predicted octanol–water partition coefficient (Wildman–Crippen LogP) is 2.81. The van der Waals surface area contributed by atoms with E-state index in [1.54, 1.807) is 11.8 Å². The van der Waals surface area contributed by atoms with Gasteiger partial charge in [0, 0.05) is 18.0 Å². The van der Waals surface area contributed by atoms with Crippen molar-refractivity contribution in [3.8, 4) is 0 Å². The molecule has 1 aliphatic rings. The number of anilines is 1. The average Bonchev–Trinajstić information content (AvgIpc) is 2.79. The van der Waals surface area contributed by atoms with Crippen molar-refractivity contribution < 1.29 is 4.74 Å². The SMILES string of the molecule is Nc1ccc2nc(SCC3CCCCO3)[nH]c2c1. The minimum Gasteiger partial charge on any atom is -0.399 e. The Morgan fingerprint density at radius 2 is 2.39 bits per heavy atom. The van der Waals surface area contributed by atoms with Crippen LogP contribution in [0.1, 0.15) is 19.3 Å². The maximum absolute atomic E-state index is 5.75. The van der Waals surface area contributed by atoms with Crippen LogP contribution in [0, 0.1) is 0 Å². The van der Waals surface area contributed by atoms with Crippen molar-refractivity contribution in [3.05, 3.63) is 18.2 Å². The maximum atomic E-state index is 5.75. The number of nitrogens with one attached hydrogen (secondary N) is 1. The van der Waals surface area contributed by atoms with Gasteiger partial charge in [-0.3, -0.25) is 0 Å². The fourth-order valence-electron chi connectivity index (χ4n) is 2.18. The number of nitrogens with two attached hydrogens (primary N) is 1. The zero-order valence-corrected chi connectivity index (χ0v) is 11.0. The van der Waals surface area contributed by atoms with Gasteiger partial charge in [-0.1, -0.05) is 11.8 Å². The predicted molar refractivity (Wildman–Crippen MR) is 74.8 cm³/mol. The van der Waals surface area contributed by atoms with E-state index >= 15 is 0 Å². The van der Waals surface area contributed by atoms with Crippen LogP contribution in [-0.4, -0.2) is 28.4 Å². The molecule has 5 heteroatoms. The molecule has 0 spiro atoms. The molecule has 0 bridgehead atoms. The Morgan fingerprint density at radius 3 is 3.22 bits per heavy atom. The molecule has 0 radical (unpaired) electrons. The van der Waals surface area contributed by atoms with Crippen LogP contribution in [0.4, 0.5) is 5.69 Å². The highest BCUT2D eigenvalue weighted by Gasteiger charge is 2.15. The molecule has 4 nitrogen and oxygen atoms in total. The first-order chi connectivity index (χ1) is 8.81. The molecule has 0 saturated carbocycles. The Morgan fingerprint density at radius 1 is 1.44 bits per heavy atom. The summed E-state index contributed by atoms with van der Waals surface area (Å²) >= 11 is 1.73. The average molecular weight is 263 g/mol. The second-order valence-electron chi connectivity index (χ2n) is 4.62. The van der Waals surface area contributed by atoms with E-state index < -0.39 is 0 Å². The molecule has 2 heterocycles. The van der Waals surface area contributed by atoms with Crippen LogP contribution in [0.25, 0.3) is 11.0 Å². The molecule has 1 atom stereocenters. The van der Waals surface area contributed by atoms with E-state index in [0.29, 0.717) is 6.10 Å². The number of imidazole rings is 1. The molecule has 1 aliphatic heterocycles. The molecular weight excluding hydrogens is 246 g/mol. The molecule has 1 aromatic carbocycles. The molecule has 3 N–H and O–H groups in total. The van der Waals surface area contributed by atoms with Crippen LogP contribution in [0.2, 0.25) is 0 Å². The Kier molecular flexibility index (Phi) is 3.43. The van der Waals surface area contributed by atoms with E-state index in [2.05, 4.69) is 9.97 Å². The van der Waals surface area contributed by atoms with Gasteiger partial charge in [-0.2, -0.15) is 0 Å². The topological polar surface area (TPSA) is 63.9 Å². The molecule has 0 aliphatic carbocycles. The number of hydrogen-bond donors (Lipinski definition) is 2. The summed E-state index contributed by atoms with van der Waals surface area (Å²) < 4.78 is 5.71. The number of nitrogens with zero attached hydrogens (tertiary/aromatic N) is 1. The van der Waals surface area contributed by atoms with Gasteiger partial charge in [0.2, 0.25) is 0 Å². The lowest BCUT2D eigenvalue weighted by molar-refractivity contribution is 0.0315. The fourth-order valence-corrected chi connectivity index (χ4v) is 3.13. The van der Waals surface area contributed by atoms with Crippen molar-refractivity contribution in [2.75, 3.05) is 18.1 Å². The van der Waals surface area contributed by atoms with Crippen LogP contribution in [0.3, 0.4) is 0 Å². The van der Waals surface area contributed by atoms with E-state index in [-0.39, 0.29) is 0 Å². The first-order valence-electron chi connectivity index (χ1n) is 6.31. The highest BCUT2D eigenvalue weighted by Crippen LogP contribution is 2.24. The molecular formula is C13H17N3OS. The summed E-state index contributed by atoms with van der Waals surface area (Å²) in [5, 5.41) is 0.949. The Balaban J connectivity index is 1.67. The second kappa shape index (κ2) is 5.20. The number of nitrogen functional groups attached to an aromatic ring is 1. The van der Waals surface area contributed by atoms with Crippen molar-refractivity contribution in [3.63, 3.8) is 0 Å². The Hall–Kier alpha value is -1.20. The summed E-state index contributed by atoms with van der Waals surface area (Å²) in [5.41, 5.74) is 8.48. The van der Waals surface area contributed by atoms with Gasteiger partial charge in [-0.05, 0) is 37.5 Å². The molecule has 18 heavy (non-hydrogen) atoms. The van der Waals surface area contributed by atoms with E-state index in [9.17, 15) is 0 Å². The normalized spacial score (nSPS) is 20.3. The van der Waals surface area contributed by atoms with Crippen molar-refractivity contribution in [1.29, 1.82) is 0 Å². The number of fused-ring (bicyclic) bond motifs is 1. The minimum absolute atomic E-state index is 0.377. The number of hydrogen-bond acceptors (Lipinski definition) is 4. The van der Waals surface area contributed by atoms with Crippen LogP contribution in [-0.2, 0) is 4.74 Å². The quantitative estimate of drug-likeness (QED) is 0.660. The van der Waals surface area contributed by atoms with Crippen molar-refractivity contribution in [1.82, 2.24) is 9.97 Å². The van der Waals surface area contributed by atoms with Gasteiger partial charge < -0.3 is 15.5 Å². The van der Waals surface area contributed by atoms with Crippen molar-refractivity contribution in [2.24, 2.45) is 0 Å². The van der Waals surface area contributed by atoms with E-state index in [1.807, 2.05) is 18.2 Å². The first-order valence-corrected chi connectivity index (χ1v) is 7.29. The first kappa shape index (κ1) is 11.9. The van der Waals surface area contributed by atoms with Gasteiger partial charge in [0.1, 0.15) is 0 Å². The van der Waals surface area contributed by atoms with Crippen molar-refractivity contribution >= 4 is 28.5 Å². The molecule has 1 saturated heterocycles. The summed E-state index contributed by atoms with van der Waals surface area (Å²) in [4.78, 5) is 7.83. The van der Waals surface area contributed by atoms with Crippen LogP contribution in [0.15, 0.2) is 23.4 Å². The Labute approximate surface area is 110 Å². The third kappa shape index (κ3) is 2.62. The number of ether oxygens (including phenoxy) is 1. The number of rotatable bonds is 3. The zero-order chi connectivity index (χ0) is 12.4. The highest BCUT2D eigenvalue weighted by atomic mass is 32.2. The number of benzene rings is 1. The number of thioether (sulfide) groups is 1. The van der Waals surface area contributed by atoms with Gasteiger partial charge in [0.25, 0.3) is 0 Å². The lowest BCUT2D eigenvalue weighted by Gasteiger charge is -2.21. The third-order valence-corrected chi connectivity index (χ3v) is 4.17. The third-order valence-electron chi connectivity index (χ3n) is 3.16. The van der Waals surface area contributed by atoms with Crippen LogP contribution in [0.5, 0.6) is 0 Å². The standard InChI is InChI=1S/C13H17N3OS/c14-9-4-5-11-12(7-9)16-13(15-11)18-8-10-3-1-2-6-17-10/h4-5,7,10H,1-3,6,8,14H2,(H,15,16). The lowest BCUT2D eigenvalue weighted by Crippen LogP contribution is -2.21. The maximum Gasteiger partial charge on any atom is 0.166 e. The van der Waals surface area contributed by atoms with Gasteiger partial charge in [0.15, 0.2) is 5.16 Å². The van der Waals surface area contributed by atoms with E-state index in [0.717, 1.165) is 34.2 Å². The second-order valence-corrected chi connectivity index (χ2v) is 5.63. The molecule has 3 rings (SSSR count). The van der Waals surface area contributed by atoms with Gasteiger partial charge in [-0.25, -0.2) is 4.98 Å². The molecule has 96 valence electrons. The smallest absolute Gasteiger partial charge is 0.166 e. The Bertz CT molecular complexity index is 534. The van der Waals surface area contributed by atoms with Crippen molar-refractivity contribution in [2.45, 2.75) is 30.5 Å². The molecule has 1 fully saturated rings. The highest BCUT2D eigenvalue weighted by molar-refractivity contribution is 7.99. The zero-order valence-electron chi connectivity index (χ0n) is 10.2. The fraction of sp³-hybridized carbons (Fsp3) is 0.462. The number of H-pyrrole nitrogens is 1. The molecule has 2 aromatic rings. The van der Waals surface area contributed by atoms with E-state index in [1.165, 1.54) is 19.3 Å². The summed E-state index contributed by atoms with van der Waals surface area (Å²) in [7, 11) is 0. The monoisotopic (exact) mass is 263 g/mol. The number of aromatic amines is 1. The van der Waals surface area contributed by atoms with Gasteiger partial charge >= 0.3 is 0 Å². The largest absolute Gasteiger partial charge is 0.399 e. The molecule has 1 aromatic heterocycles. The molecule has 0 amide bonds. The summed E-state index contributed by atoms with van der Waals surface area (Å²) in [6.45, 7) is 0.905. The van der Waals surface area contributed by atoms with Gasteiger partial charge in [-0.15, -0.1) is 0 Å². The van der Waals surface area contributed by atoms with E-state index in [4.69, 9.17) is 10.5 Å². The summed E-state index contributed by atoms with van der Waals surface area (Å²) in [5.74, 6) is 0.968. The summed E-state index contributed by atoms with van der Waals surface area (Å²) in [6, 6.07) is 5.74. The van der Waals surface area contributed by atoms with Gasteiger partial charge in [0.05, 0.1) is 17.1 Å². The summed E-state index contributed by atoms with van der Waals surface area (Å²) in [6.07, 6.45) is 4.02.